The average molecular weight is 97.1 g/mol. The molecule has 0 rings (SSSR count). The Kier molecular flexibility index (Phi) is 403. The molecule has 13 radical (unpaired) electrons. The van der Waals surface area contributed by atoms with E-state index in [2.05, 4.69) is 0 Å². The van der Waals surface area contributed by atoms with Crippen LogP contribution < -0.4 is 0 Å². The molecule has 0 saturated carbocycles. The van der Waals surface area contributed by atoms with Crippen LogP contribution in [0.3, 0.4) is 0 Å². The van der Waals surface area contributed by atoms with Crippen molar-refractivity contribution >= 4 is 78.7 Å². The zero-order valence-corrected chi connectivity index (χ0v) is 6.93. The second kappa shape index (κ2) is 34.9. The molecule has 13 valence electrons. The van der Waals surface area contributed by atoms with Crippen molar-refractivity contribution in [3.8, 4) is 0 Å². The van der Waals surface area contributed by atoms with Gasteiger partial charge < -0.3 is 0 Å². The third-order valence-electron chi connectivity index (χ3n) is 0. The molecule has 0 aliphatic carbocycles. The van der Waals surface area contributed by atoms with Gasteiger partial charge in [-0.25, -0.2) is 0 Å². The van der Waals surface area contributed by atoms with Crippen LogP contribution in [0.2, 0.25) is 0 Å². The Balaban J connectivity index is 0. The van der Waals surface area contributed by atoms with Crippen LogP contribution in [-0.4, -0.2) is 78.7 Å². The van der Waals surface area contributed by atoms with E-state index in [4.69, 9.17) is 0 Å². The predicted octanol–water partition coefficient (Wildman–Crippen LogP) is -1.90. The Morgan fingerprint density at radius 1 is 1.00 bits per heavy atom. The normalized spacial score (nSPS) is 0. The summed E-state index contributed by atoms with van der Waals surface area (Å²) in [6, 6.07) is 0. The van der Waals surface area contributed by atoms with Gasteiger partial charge in [0.05, 0.1) is 0 Å². The summed E-state index contributed by atoms with van der Waals surface area (Å²) >= 11 is 0. The molecule has 0 aliphatic rings. The maximum Gasteiger partial charge on any atom is 0 e. The first kappa shape index (κ1) is 57.8. The van der Waals surface area contributed by atoms with Gasteiger partial charge in [-0.15, -0.1) is 0 Å². The van der Waals surface area contributed by atoms with Crippen LogP contribution in [0.25, 0.3) is 0 Å². The maximum atomic E-state index is 0. The predicted molar refractivity (Wildman–Crippen MR) is 28.8 cm³/mol. The molecule has 0 aromatic rings. The molecule has 0 unspecified atom stereocenters. The van der Waals surface area contributed by atoms with Gasteiger partial charge >= 0.3 is 0 Å². The first-order valence-corrected chi connectivity index (χ1v) is 0. The van der Waals surface area contributed by atoms with Crippen LogP contribution in [0.4, 0.5) is 0 Å². The molecule has 0 spiro atoms. The SMILES string of the molecule is [Al].[B].[Li].[Mg].[Si]. The molecule has 0 atom stereocenters. The minimum atomic E-state index is 0. The van der Waals surface area contributed by atoms with E-state index in [1.54, 1.807) is 0 Å². The average Bonchev–Trinajstić information content (AvgIpc) is 0. The van der Waals surface area contributed by atoms with Crippen molar-refractivity contribution in [2.45, 2.75) is 0 Å². The molecule has 0 saturated heterocycles. The molecular formula is AlBLiMgSi. The fourth-order valence-corrected chi connectivity index (χ4v) is 0. The maximum absolute atomic E-state index is 0. The van der Waals surface area contributed by atoms with Crippen molar-refractivity contribution in [2.24, 2.45) is 0 Å². The summed E-state index contributed by atoms with van der Waals surface area (Å²) in [5.41, 5.74) is 0. The molecular weight excluding hydrogens is 97.1 g/mol. The Hall–Kier alpha value is 2.18. The minimum Gasteiger partial charge on any atom is 0 e. The summed E-state index contributed by atoms with van der Waals surface area (Å²) in [5.74, 6) is 0. The van der Waals surface area contributed by atoms with Crippen LogP contribution in [0, 0.1) is 0 Å². The molecule has 0 heterocycles. The monoisotopic (exact) mass is 97.0 g/mol. The van der Waals surface area contributed by atoms with Gasteiger partial charge in [-0.1, -0.05) is 0 Å². The van der Waals surface area contributed by atoms with Gasteiger partial charge in [-0.2, -0.15) is 0 Å². The van der Waals surface area contributed by atoms with Gasteiger partial charge in [0.15, 0.2) is 0 Å². The summed E-state index contributed by atoms with van der Waals surface area (Å²) in [7, 11) is 0. The van der Waals surface area contributed by atoms with Gasteiger partial charge in [0.2, 0.25) is 0 Å². The summed E-state index contributed by atoms with van der Waals surface area (Å²) in [4.78, 5) is 0. The van der Waals surface area contributed by atoms with Crippen LogP contribution in [0.5, 0.6) is 0 Å². The number of hydrogen-bond donors (Lipinski definition) is 0. The second-order valence-corrected chi connectivity index (χ2v) is 0. The van der Waals surface area contributed by atoms with E-state index in [-0.39, 0.29) is 78.7 Å². The molecule has 0 N–H and O–H groups in total. The second-order valence-electron chi connectivity index (χ2n) is 0. The van der Waals surface area contributed by atoms with Gasteiger partial charge in [0.25, 0.3) is 0 Å². The fourth-order valence-electron chi connectivity index (χ4n) is 0. The first-order valence-electron chi connectivity index (χ1n) is 0. The smallest absolute Gasteiger partial charge is 0 e. The third-order valence-corrected chi connectivity index (χ3v) is 0. The molecule has 0 amide bonds. The van der Waals surface area contributed by atoms with Crippen LogP contribution in [0.15, 0.2) is 0 Å². The Labute approximate surface area is 77.9 Å². The quantitative estimate of drug-likeness (QED) is 0.310. The van der Waals surface area contributed by atoms with Gasteiger partial charge in [-0.05, 0) is 0 Å². The number of hydrogen-bond acceptors (Lipinski definition) is 0. The van der Waals surface area contributed by atoms with Crippen molar-refractivity contribution < 1.29 is 0 Å². The van der Waals surface area contributed by atoms with E-state index >= 15 is 0 Å². The molecule has 5 heteroatoms. The molecule has 0 aliphatic heterocycles. The molecule has 0 aromatic heterocycles. The molecule has 5 heavy (non-hydrogen) atoms. The summed E-state index contributed by atoms with van der Waals surface area (Å²) in [5, 5.41) is 0. The molecule has 0 bridgehead atoms. The van der Waals surface area contributed by atoms with Gasteiger partial charge in [0.1, 0.15) is 0 Å². The third kappa shape index (κ3) is 22.7. The molecule has 0 aromatic carbocycles. The van der Waals surface area contributed by atoms with Crippen LogP contribution in [-0.2, 0) is 0 Å². The summed E-state index contributed by atoms with van der Waals surface area (Å²) in [6.45, 7) is 0. The Bertz CT molecular complexity index is 11.6. The van der Waals surface area contributed by atoms with E-state index in [9.17, 15) is 0 Å². The number of rotatable bonds is 0. The van der Waals surface area contributed by atoms with Gasteiger partial charge in [-0.3, -0.25) is 0 Å². The largest absolute Gasteiger partial charge is 0 e. The van der Waals surface area contributed by atoms with Crippen molar-refractivity contribution in [2.75, 3.05) is 0 Å². The zero-order chi connectivity index (χ0) is 0. The molecule has 0 nitrogen and oxygen atoms in total. The van der Waals surface area contributed by atoms with Crippen LogP contribution in [0.1, 0.15) is 0 Å². The van der Waals surface area contributed by atoms with Crippen molar-refractivity contribution in [1.82, 2.24) is 0 Å². The summed E-state index contributed by atoms with van der Waals surface area (Å²) in [6.07, 6.45) is 0. The van der Waals surface area contributed by atoms with E-state index in [0.29, 0.717) is 0 Å². The van der Waals surface area contributed by atoms with Crippen molar-refractivity contribution in [3.05, 3.63) is 0 Å². The Morgan fingerprint density at radius 2 is 1.00 bits per heavy atom. The van der Waals surface area contributed by atoms with E-state index in [1.165, 1.54) is 0 Å². The minimum absolute atomic E-state index is 0. The topological polar surface area (TPSA) is 0 Å². The van der Waals surface area contributed by atoms with Crippen molar-refractivity contribution in [1.29, 1.82) is 0 Å². The van der Waals surface area contributed by atoms with Gasteiger partial charge in [0, 0.05) is 78.7 Å². The van der Waals surface area contributed by atoms with Crippen molar-refractivity contribution in [3.63, 3.8) is 0 Å². The van der Waals surface area contributed by atoms with E-state index in [0.717, 1.165) is 0 Å². The Morgan fingerprint density at radius 3 is 1.00 bits per heavy atom. The van der Waals surface area contributed by atoms with E-state index in [1.807, 2.05) is 0 Å². The first-order chi connectivity index (χ1) is 0. The van der Waals surface area contributed by atoms with E-state index < -0.39 is 0 Å². The standard InChI is InChI=1S/Al.B.Li.Mg.Si. The van der Waals surface area contributed by atoms with Crippen LogP contribution >= 0.6 is 0 Å². The zero-order valence-electron chi connectivity index (χ0n) is 3.36. The summed E-state index contributed by atoms with van der Waals surface area (Å²) < 4.78 is 0. The molecule has 0 fully saturated rings. The fraction of sp³-hybridized carbons (Fsp3) is 0.